The van der Waals surface area contributed by atoms with Crippen molar-refractivity contribution in [1.82, 2.24) is 20.1 Å². The van der Waals surface area contributed by atoms with Gasteiger partial charge in [-0.15, -0.1) is 0 Å². The molecular formula is C19H20N4O3. The lowest BCUT2D eigenvalue weighted by Crippen LogP contribution is -2.25. The van der Waals surface area contributed by atoms with Crippen LogP contribution in [0.2, 0.25) is 0 Å². The third kappa shape index (κ3) is 3.42. The van der Waals surface area contributed by atoms with E-state index in [1.807, 2.05) is 44.2 Å². The van der Waals surface area contributed by atoms with Crippen molar-refractivity contribution in [2.24, 2.45) is 0 Å². The van der Waals surface area contributed by atoms with E-state index >= 15 is 0 Å². The number of nitrogens with zero attached hydrogens (tertiary/aromatic N) is 3. The summed E-state index contributed by atoms with van der Waals surface area (Å²) in [6, 6.07) is 11.3. The third-order valence-corrected chi connectivity index (χ3v) is 3.96. The molecule has 0 saturated heterocycles. The fraction of sp³-hybridized carbons (Fsp3) is 0.263. The molecule has 0 atom stereocenters. The Morgan fingerprint density at radius 2 is 1.96 bits per heavy atom. The minimum absolute atomic E-state index is 0.0840. The van der Waals surface area contributed by atoms with Gasteiger partial charge in [0.25, 0.3) is 5.91 Å². The molecule has 2 heterocycles. The highest BCUT2D eigenvalue weighted by Crippen LogP contribution is 2.26. The fourth-order valence-electron chi connectivity index (χ4n) is 2.60. The summed E-state index contributed by atoms with van der Waals surface area (Å²) in [5, 5.41) is 7.37. The first kappa shape index (κ1) is 17.6. The van der Waals surface area contributed by atoms with Gasteiger partial charge in [-0.1, -0.05) is 30.3 Å². The molecule has 7 nitrogen and oxygen atoms in total. The normalized spacial score (nSPS) is 10.9. The van der Waals surface area contributed by atoms with Gasteiger partial charge in [-0.25, -0.2) is 14.5 Å². The first-order valence-corrected chi connectivity index (χ1v) is 8.32. The molecule has 0 radical (unpaired) electrons. The lowest BCUT2D eigenvalue weighted by Gasteiger charge is -2.10. The highest BCUT2D eigenvalue weighted by Gasteiger charge is 2.20. The number of ether oxygens (including phenoxy) is 1. The molecular weight excluding hydrogens is 332 g/mol. The van der Waals surface area contributed by atoms with Crippen LogP contribution >= 0.6 is 0 Å². The van der Waals surface area contributed by atoms with E-state index in [1.54, 1.807) is 16.9 Å². The zero-order valence-corrected chi connectivity index (χ0v) is 14.9. The quantitative estimate of drug-likeness (QED) is 0.713. The minimum atomic E-state index is -0.582. The molecule has 0 unspecified atom stereocenters. The number of benzene rings is 1. The Morgan fingerprint density at radius 3 is 2.62 bits per heavy atom. The molecule has 7 heteroatoms. The molecule has 26 heavy (non-hydrogen) atoms. The SMILES string of the molecule is CNC(=O)COC(=O)c1cc(-c2ccccc2)nc2c1cnn2C(C)C. The molecule has 3 rings (SSSR count). The van der Waals surface area contributed by atoms with E-state index in [1.165, 1.54) is 7.05 Å². The van der Waals surface area contributed by atoms with Crippen molar-refractivity contribution in [2.45, 2.75) is 19.9 Å². The number of pyridine rings is 1. The fourth-order valence-corrected chi connectivity index (χ4v) is 2.60. The molecule has 3 aromatic rings. The highest BCUT2D eigenvalue weighted by molar-refractivity contribution is 6.04. The van der Waals surface area contributed by atoms with E-state index in [9.17, 15) is 9.59 Å². The molecule has 0 saturated carbocycles. The number of carbonyl (C=O) groups is 2. The Bertz CT molecular complexity index is 948. The van der Waals surface area contributed by atoms with Crippen LogP contribution in [0.4, 0.5) is 0 Å². The van der Waals surface area contributed by atoms with Gasteiger partial charge in [0.2, 0.25) is 0 Å². The topological polar surface area (TPSA) is 86.1 Å². The van der Waals surface area contributed by atoms with Gasteiger partial charge in [0, 0.05) is 18.7 Å². The summed E-state index contributed by atoms with van der Waals surface area (Å²) in [7, 11) is 1.49. The summed E-state index contributed by atoms with van der Waals surface area (Å²) in [6.45, 7) is 3.65. The summed E-state index contributed by atoms with van der Waals surface area (Å²) >= 11 is 0. The zero-order chi connectivity index (χ0) is 18.7. The predicted molar refractivity (Wildman–Crippen MR) is 97.7 cm³/mol. The lowest BCUT2D eigenvalue weighted by atomic mass is 10.1. The first-order chi connectivity index (χ1) is 12.5. The summed E-state index contributed by atoms with van der Waals surface area (Å²) < 4.78 is 6.89. The average molecular weight is 352 g/mol. The number of carbonyl (C=O) groups excluding carboxylic acids is 2. The summed E-state index contributed by atoms with van der Waals surface area (Å²) in [6.07, 6.45) is 1.60. The van der Waals surface area contributed by atoms with Crippen molar-refractivity contribution in [3.05, 3.63) is 48.2 Å². The van der Waals surface area contributed by atoms with Crippen LogP contribution in [-0.4, -0.2) is 40.3 Å². The van der Waals surface area contributed by atoms with Crippen LogP contribution in [0.25, 0.3) is 22.3 Å². The maximum Gasteiger partial charge on any atom is 0.339 e. The van der Waals surface area contributed by atoms with E-state index < -0.39 is 5.97 Å². The molecule has 0 spiro atoms. The van der Waals surface area contributed by atoms with Gasteiger partial charge in [0.05, 0.1) is 22.8 Å². The smallest absolute Gasteiger partial charge is 0.339 e. The van der Waals surface area contributed by atoms with Gasteiger partial charge in [-0.2, -0.15) is 5.10 Å². The Hall–Kier alpha value is -3.22. The van der Waals surface area contributed by atoms with Crippen LogP contribution in [0.1, 0.15) is 30.2 Å². The van der Waals surface area contributed by atoms with Crippen LogP contribution in [0.5, 0.6) is 0 Å². The lowest BCUT2D eigenvalue weighted by molar-refractivity contribution is -0.123. The second-order valence-corrected chi connectivity index (χ2v) is 6.09. The highest BCUT2D eigenvalue weighted by atomic mass is 16.5. The zero-order valence-electron chi connectivity index (χ0n) is 14.9. The van der Waals surface area contributed by atoms with Crippen LogP contribution in [0.3, 0.4) is 0 Å². The maximum atomic E-state index is 12.6. The van der Waals surface area contributed by atoms with Gasteiger partial charge < -0.3 is 10.1 Å². The number of hydrogen-bond donors (Lipinski definition) is 1. The molecule has 134 valence electrons. The molecule has 1 aromatic carbocycles. The molecule has 0 bridgehead atoms. The van der Waals surface area contributed by atoms with Crippen molar-refractivity contribution in [1.29, 1.82) is 0 Å². The van der Waals surface area contributed by atoms with Crippen molar-refractivity contribution in [3.8, 4) is 11.3 Å². The van der Waals surface area contributed by atoms with Crippen LogP contribution < -0.4 is 5.32 Å². The van der Waals surface area contributed by atoms with Gasteiger partial charge in [0.15, 0.2) is 12.3 Å². The van der Waals surface area contributed by atoms with Gasteiger partial charge >= 0.3 is 5.97 Å². The number of esters is 1. The number of aromatic nitrogens is 3. The number of nitrogens with one attached hydrogen (secondary N) is 1. The summed E-state index contributed by atoms with van der Waals surface area (Å²) in [4.78, 5) is 28.6. The second-order valence-electron chi connectivity index (χ2n) is 6.09. The Balaban J connectivity index is 2.11. The van der Waals surface area contributed by atoms with E-state index in [4.69, 9.17) is 9.72 Å². The van der Waals surface area contributed by atoms with E-state index in [0.29, 0.717) is 22.3 Å². The number of amides is 1. The van der Waals surface area contributed by atoms with Gasteiger partial charge in [-0.3, -0.25) is 4.79 Å². The van der Waals surface area contributed by atoms with Gasteiger partial charge in [0.1, 0.15) is 0 Å². The summed E-state index contributed by atoms with van der Waals surface area (Å²) in [5.41, 5.74) is 2.47. The molecule has 0 aliphatic carbocycles. The Labute approximate surface area is 151 Å². The number of fused-ring (bicyclic) bond motifs is 1. The van der Waals surface area contributed by atoms with Crippen molar-refractivity contribution in [3.63, 3.8) is 0 Å². The standard InChI is InChI=1S/C19H20N4O3/c1-12(2)23-18-15(10-21-23)14(19(25)26-11-17(24)20-3)9-16(22-18)13-7-5-4-6-8-13/h4-10,12H,11H2,1-3H3,(H,20,24). The first-order valence-electron chi connectivity index (χ1n) is 8.32. The van der Waals surface area contributed by atoms with E-state index in [0.717, 1.165) is 5.56 Å². The molecule has 2 aromatic heterocycles. The number of likely N-dealkylation sites (N-methyl/N-ethyl adjacent to an activating group) is 1. The largest absolute Gasteiger partial charge is 0.452 e. The van der Waals surface area contributed by atoms with Gasteiger partial charge in [-0.05, 0) is 19.9 Å². The molecule has 0 fully saturated rings. The predicted octanol–water partition coefficient (Wildman–Crippen LogP) is 2.58. The van der Waals surface area contributed by atoms with Crippen LogP contribution in [0, 0.1) is 0 Å². The second kappa shape index (κ2) is 7.35. The number of hydrogen-bond acceptors (Lipinski definition) is 5. The average Bonchev–Trinajstić information content (AvgIpc) is 3.10. The third-order valence-electron chi connectivity index (χ3n) is 3.96. The Morgan fingerprint density at radius 1 is 1.23 bits per heavy atom. The van der Waals surface area contributed by atoms with Crippen LogP contribution in [-0.2, 0) is 9.53 Å². The molecule has 1 amide bonds. The van der Waals surface area contributed by atoms with Crippen LogP contribution in [0.15, 0.2) is 42.6 Å². The van der Waals surface area contributed by atoms with Crippen molar-refractivity contribution in [2.75, 3.05) is 13.7 Å². The van der Waals surface area contributed by atoms with E-state index in [-0.39, 0.29) is 18.6 Å². The monoisotopic (exact) mass is 352 g/mol. The Kier molecular flexibility index (Phi) is 4.97. The van der Waals surface area contributed by atoms with Crippen molar-refractivity contribution < 1.29 is 14.3 Å². The minimum Gasteiger partial charge on any atom is -0.452 e. The van der Waals surface area contributed by atoms with E-state index in [2.05, 4.69) is 10.4 Å². The maximum absolute atomic E-state index is 12.6. The molecule has 0 aliphatic heterocycles. The van der Waals surface area contributed by atoms with Crippen molar-refractivity contribution >= 4 is 22.9 Å². The molecule has 1 N–H and O–H groups in total. The number of rotatable bonds is 5. The molecule has 0 aliphatic rings. The summed E-state index contributed by atoms with van der Waals surface area (Å²) in [5.74, 6) is -0.953.